The summed E-state index contributed by atoms with van der Waals surface area (Å²) in [4.78, 5) is 10.8. The first-order valence-corrected chi connectivity index (χ1v) is 9.19. The van der Waals surface area contributed by atoms with E-state index in [0.717, 1.165) is 19.4 Å². The second-order valence-electron chi connectivity index (χ2n) is 5.04. The van der Waals surface area contributed by atoms with Crippen LogP contribution in [-0.2, 0) is 14.0 Å². The van der Waals surface area contributed by atoms with Crippen LogP contribution < -0.4 is 0 Å². The van der Waals surface area contributed by atoms with Crippen LogP contribution in [0.3, 0.4) is 0 Å². The Bertz CT molecular complexity index is 221. The summed E-state index contributed by atoms with van der Waals surface area (Å²) in [6.07, 6.45) is 3.10. The molecular formula is C12H24O3Si. The van der Waals surface area contributed by atoms with Gasteiger partial charge in [-0.25, -0.2) is 4.79 Å². The third-order valence-electron chi connectivity index (χ3n) is 2.05. The van der Waals surface area contributed by atoms with Gasteiger partial charge in [0.05, 0.1) is 6.61 Å². The largest absolute Gasteiger partial charge is 0.463 e. The molecule has 0 unspecified atom stereocenters. The molecule has 0 radical (unpaired) electrons. The number of rotatable bonds is 8. The van der Waals surface area contributed by atoms with Gasteiger partial charge in [0.1, 0.15) is 0 Å². The highest BCUT2D eigenvalue weighted by Gasteiger charge is 2.15. The molecule has 0 spiro atoms. The molecule has 0 saturated heterocycles. The van der Waals surface area contributed by atoms with Crippen LogP contribution in [0.5, 0.6) is 0 Å². The zero-order chi connectivity index (χ0) is 12.6. The minimum absolute atomic E-state index is 0.342. The highest BCUT2D eigenvalue weighted by atomic mass is 28.4. The third-order valence-corrected chi connectivity index (χ3v) is 3.09. The first-order chi connectivity index (χ1) is 7.35. The molecule has 0 aromatic heterocycles. The summed E-state index contributed by atoms with van der Waals surface area (Å²) in [7, 11) is -1.39. The number of ether oxygens (including phenoxy) is 1. The van der Waals surface area contributed by atoms with Crippen LogP contribution in [0, 0.1) is 5.92 Å². The standard InChI is InChI=1S/C12H24O3Si/c1-6-12(13)14-9-7-8-11(2)10-15-16(3,4)5/h6,11H,1,7-10H2,2-5H3/t11-/m1/s1. The van der Waals surface area contributed by atoms with Gasteiger partial charge in [0.15, 0.2) is 8.32 Å². The minimum Gasteiger partial charge on any atom is -0.463 e. The zero-order valence-corrected chi connectivity index (χ0v) is 11.9. The van der Waals surface area contributed by atoms with Gasteiger partial charge >= 0.3 is 5.97 Å². The van der Waals surface area contributed by atoms with E-state index < -0.39 is 8.32 Å². The van der Waals surface area contributed by atoms with E-state index >= 15 is 0 Å². The number of carbonyl (C=O) groups excluding carboxylic acids is 1. The van der Waals surface area contributed by atoms with Gasteiger partial charge in [0.2, 0.25) is 0 Å². The van der Waals surface area contributed by atoms with E-state index in [0.29, 0.717) is 12.5 Å². The van der Waals surface area contributed by atoms with Crippen molar-refractivity contribution in [3.05, 3.63) is 12.7 Å². The first-order valence-electron chi connectivity index (χ1n) is 5.78. The van der Waals surface area contributed by atoms with Crippen LogP contribution in [0.25, 0.3) is 0 Å². The summed E-state index contributed by atoms with van der Waals surface area (Å²) in [5, 5.41) is 0. The van der Waals surface area contributed by atoms with Gasteiger partial charge in [-0.15, -0.1) is 0 Å². The lowest BCUT2D eigenvalue weighted by Crippen LogP contribution is -2.28. The van der Waals surface area contributed by atoms with Crippen molar-refractivity contribution in [2.45, 2.75) is 39.4 Å². The molecule has 0 fully saturated rings. The third kappa shape index (κ3) is 9.92. The summed E-state index contributed by atoms with van der Waals surface area (Å²) in [5.74, 6) is 0.181. The lowest BCUT2D eigenvalue weighted by atomic mass is 10.1. The first kappa shape index (κ1) is 15.4. The quantitative estimate of drug-likeness (QED) is 0.285. The Labute approximate surface area is 100.0 Å². The van der Waals surface area contributed by atoms with E-state index in [4.69, 9.17) is 9.16 Å². The molecule has 94 valence electrons. The van der Waals surface area contributed by atoms with E-state index in [2.05, 4.69) is 33.1 Å². The maximum atomic E-state index is 10.8. The molecule has 0 aromatic rings. The Hall–Kier alpha value is -0.613. The van der Waals surface area contributed by atoms with Crippen molar-refractivity contribution < 1.29 is 14.0 Å². The topological polar surface area (TPSA) is 35.5 Å². The summed E-state index contributed by atoms with van der Waals surface area (Å²) < 4.78 is 10.7. The second-order valence-corrected chi connectivity index (χ2v) is 9.56. The molecular weight excluding hydrogens is 220 g/mol. The molecule has 4 heteroatoms. The van der Waals surface area contributed by atoms with Crippen molar-refractivity contribution >= 4 is 14.3 Å². The molecule has 0 aliphatic carbocycles. The van der Waals surface area contributed by atoms with E-state index in [-0.39, 0.29) is 5.97 Å². The molecule has 0 heterocycles. The summed E-state index contributed by atoms with van der Waals surface area (Å²) in [6, 6.07) is 0. The lowest BCUT2D eigenvalue weighted by molar-refractivity contribution is -0.137. The van der Waals surface area contributed by atoms with Crippen molar-refractivity contribution in [1.29, 1.82) is 0 Å². The van der Waals surface area contributed by atoms with Crippen molar-refractivity contribution in [2.24, 2.45) is 5.92 Å². The van der Waals surface area contributed by atoms with Crippen molar-refractivity contribution in [3.8, 4) is 0 Å². The Kier molecular flexibility index (Phi) is 7.33. The monoisotopic (exact) mass is 244 g/mol. The highest BCUT2D eigenvalue weighted by molar-refractivity contribution is 6.69. The van der Waals surface area contributed by atoms with Crippen LogP contribution in [-0.4, -0.2) is 27.5 Å². The number of hydrogen-bond donors (Lipinski definition) is 0. The summed E-state index contributed by atoms with van der Waals surface area (Å²) in [5.41, 5.74) is 0. The summed E-state index contributed by atoms with van der Waals surface area (Å²) in [6.45, 7) is 13.3. The molecule has 0 N–H and O–H groups in total. The van der Waals surface area contributed by atoms with Crippen LogP contribution in [0.1, 0.15) is 19.8 Å². The van der Waals surface area contributed by atoms with Crippen molar-refractivity contribution in [3.63, 3.8) is 0 Å². The second kappa shape index (κ2) is 7.63. The Morgan fingerprint density at radius 2 is 2.06 bits per heavy atom. The number of esters is 1. The Morgan fingerprint density at radius 3 is 2.56 bits per heavy atom. The average molecular weight is 244 g/mol. The van der Waals surface area contributed by atoms with Crippen LogP contribution in [0.4, 0.5) is 0 Å². The maximum absolute atomic E-state index is 10.8. The van der Waals surface area contributed by atoms with Gasteiger partial charge in [-0.05, 0) is 38.4 Å². The van der Waals surface area contributed by atoms with Crippen LogP contribution in [0.2, 0.25) is 19.6 Å². The smallest absolute Gasteiger partial charge is 0.330 e. The van der Waals surface area contributed by atoms with Gasteiger partial charge in [-0.2, -0.15) is 0 Å². The fourth-order valence-electron chi connectivity index (χ4n) is 1.14. The lowest BCUT2D eigenvalue weighted by Gasteiger charge is -2.20. The molecule has 3 nitrogen and oxygen atoms in total. The zero-order valence-electron chi connectivity index (χ0n) is 10.9. The van der Waals surface area contributed by atoms with E-state index in [1.807, 2.05) is 0 Å². The molecule has 0 amide bonds. The van der Waals surface area contributed by atoms with Crippen LogP contribution in [0.15, 0.2) is 12.7 Å². The van der Waals surface area contributed by atoms with Gasteiger partial charge in [-0.1, -0.05) is 13.5 Å². The highest BCUT2D eigenvalue weighted by Crippen LogP contribution is 2.10. The molecule has 0 rings (SSSR count). The Morgan fingerprint density at radius 1 is 1.44 bits per heavy atom. The average Bonchev–Trinajstić information content (AvgIpc) is 2.20. The predicted octanol–water partition coefficient (Wildman–Crippen LogP) is 2.98. The van der Waals surface area contributed by atoms with Gasteiger partial charge < -0.3 is 9.16 Å². The Balaban J connectivity index is 3.47. The maximum Gasteiger partial charge on any atom is 0.330 e. The number of hydrogen-bond acceptors (Lipinski definition) is 3. The van der Waals surface area contributed by atoms with E-state index in [1.165, 1.54) is 6.08 Å². The summed E-state index contributed by atoms with van der Waals surface area (Å²) >= 11 is 0. The van der Waals surface area contributed by atoms with E-state index in [9.17, 15) is 4.79 Å². The number of carbonyl (C=O) groups is 1. The fraction of sp³-hybridized carbons (Fsp3) is 0.750. The molecule has 0 saturated carbocycles. The normalized spacial score (nSPS) is 13.2. The van der Waals surface area contributed by atoms with Gasteiger partial charge in [0, 0.05) is 12.7 Å². The molecule has 16 heavy (non-hydrogen) atoms. The SMILES string of the molecule is C=CC(=O)OCCC[C@@H](C)CO[Si](C)(C)C. The molecule has 0 aromatic carbocycles. The molecule has 0 aliphatic rings. The predicted molar refractivity (Wildman–Crippen MR) is 68.9 cm³/mol. The minimum atomic E-state index is -1.39. The molecule has 0 bridgehead atoms. The molecule has 1 atom stereocenters. The van der Waals surface area contributed by atoms with Gasteiger partial charge in [0.25, 0.3) is 0 Å². The van der Waals surface area contributed by atoms with E-state index in [1.54, 1.807) is 0 Å². The van der Waals surface area contributed by atoms with Crippen LogP contribution >= 0.6 is 0 Å². The molecule has 0 aliphatic heterocycles. The van der Waals surface area contributed by atoms with Crippen molar-refractivity contribution in [1.82, 2.24) is 0 Å². The fourth-order valence-corrected chi connectivity index (χ4v) is 1.92. The van der Waals surface area contributed by atoms with Crippen molar-refractivity contribution in [2.75, 3.05) is 13.2 Å². The van der Waals surface area contributed by atoms with Gasteiger partial charge in [-0.3, -0.25) is 0 Å².